The number of ether oxygens (including phenoxy) is 1. The van der Waals surface area contributed by atoms with Gasteiger partial charge in [-0.1, -0.05) is 33.3 Å². The number of H-pyrrole nitrogens is 1. The molecule has 0 amide bonds. The van der Waals surface area contributed by atoms with Gasteiger partial charge in [-0.3, -0.25) is 9.69 Å². The Morgan fingerprint density at radius 2 is 2.03 bits per heavy atom. The second-order valence-corrected chi connectivity index (χ2v) is 9.40. The molecule has 1 saturated carbocycles. The summed E-state index contributed by atoms with van der Waals surface area (Å²) in [5.41, 5.74) is 2.67. The lowest BCUT2D eigenvalue weighted by Crippen LogP contribution is -2.37. The molecule has 0 aromatic carbocycles. The minimum atomic E-state index is -0.160. The molecular formula is C23H32N4O2. The number of nitrogens with zero attached hydrogens (tertiary/aromatic N) is 3. The molecule has 0 unspecified atom stereocenters. The van der Waals surface area contributed by atoms with Crippen molar-refractivity contribution in [2.75, 3.05) is 6.54 Å². The maximum Gasteiger partial charge on any atom is 0.255 e. The van der Waals surface area contributed by atoms with Gasteiger partial charge < -0.3 is 9.72 Å². The summed E-state index contributed by atoms with van der Waals surface area (Å²) in [4.78, 5) is 27.3. The van der Waals surface area contributed by atoms with Gasteiger partial charge in [0.25, 0.3) is 5.56 Å². The lowest BCUT2D eigenvalue weighted by Gasteiger charge is -2.30. The number of aromatic amines is 1. The summed E-state index contributed by atoms with van der Waals surface area (Å²) in [6.45, 7) is 8.44. The van der Waals surface area contributed by atoms with Gasteiger partial charge in [-0.2, -0.15) is 0 Å². The average Bonchev–Trinajstić information content (AvgIpc) is 2.70. The lowest BCUT2D eigenvalue weighted by molar-refractivity contribution is 0.143. The first-order valence-electron chi connectivity index (χ1n) is 10.9. The number of rotatable bonds is 4. The molecule has 0 radical (unpaired) electrons. The van der Waals surface area contributed by atoms with Crippen LogP contribution in [0.4, 0.5) is 0 Å². The van der Waals surface area contributed by atoms with Crippen LogP contribution in [0.15, 0.2) is 23.1 Å². The number of fused-ring (bicyclic) bond motifs is 1. The molecule has 2 aliphatic rings. The highest BCUT2D eigenvalue weighted by atomic mass is 16.5. The number of pyridine rings is 1. The third-order valence-electron chi connectivity index (χ3n) is 5.93. The number of aromatic nitrogens is 3. The van der Waals surface area contributed by atoms with Crippen molar-refractivity contribution in [3.05, 3.63) is 51.3 Å². The van der Waals surface area contributed by atoms with Crippen LogP contribution in [-0.2, 0) is 24.9 Å². The molecule has 3 heterocycles. The van der Waals surface area contributed by atoms with E-state index in [4.69, 9.17) is 9.72 Å². The van der Waals surface area contributed by atoms with Crippen LogP contribution in [0.2, 0.25) is 0 Å². The van der Waals surface area contributed by atoms with E-state index in [1.54, 1.807) is 6.20 Å². The Bertz CT molecular complexity index is 910. The number of nitrogens with one attached hydrogen (secondary N) is 1. The summed E-state index contributed by atoms with van der Waals surface area (Å²) in [7, 11) is 0. The van der Waals surface area contributed by atoms with Crippen molar-refractivity contribution in [2.24, 2.45) is 0 Å². The maximum atomic E-state index is 12.7. The van der Waals surface area contributed by atoms with Crippen LogP contribution < -0.4 is 10.3 Å². The molecule has 4 rings (SSSR count). The summed E-state index contributed by atoms with van der Waals surface area (Å²) in [5.74, 6) is 1.52. The average molecular weight is 397 g/mol. The van der Waals surface area contributed by atoms with Gasteiger partial charge in [0, 0.05) is 43.2 Å². The summed E-state index contributed by atoms with van der Waals surface area (Å²) in [6, 6.07) is 4.05. The quantitative estimate of drug-likeness (QED) is 0.853. The molecule has 2 aromatic rings. The fraction of sp³-hybridized carbons (Fsp3) is 0.609. The van der Waals surface area contributed by atoms with Gasteiger partial charge in [0.1, 0.15) is 11.9 Å². The zero-order valence-electron chi connectivity index (χ0n) is 17.8. The molecule has 6 heteroatoms. The largest absolute Gasteiger partial charge is 0.474 e. The van der Waals surface area contributed by atoms with Crippen LogP contribution in [0.1, 0.15) is 75.5 Å². The van der Waals surface area contributed by atoms with E-state index in [1.807, 2.05) is 6.07 Å². The second kappa shape index (κ2) is 8.27. The Hall–Kier alpha value is -2.21. The molecule has 156 valence electrons. The van der Waals surface area contributed by atoms with Gasteiger partial charge in [0.15, 0.2) is 0 Å². The van der Waals surface area contributed by atoms with Gasteiger partial charge in [0.2, 0.25) is 5.88 Å². The van der Waals surface area contributed by atoms with Crippen molar-refractivity contribution in [1.82, 2.24) is 19.9 Å². The molecule has 6 nitrogen and oxygen atoms in total. The summed E-state index contributed by atoms with van der Waals surface area (Å²) < 4.78 is 6.26. The Balaban J connectivity index is 1.49. The van der Waals surface area contributed by atoms with Crippen LogP contribution in [0.5, 0.6) is 5.88 Å². The second-order valence-electron chi connectivity index (χ2n) is 9.40. The molecule has 0 bridgehead atoms. The van der Waals surface area contributed by atoms with Crippen LogP contribution in [-0.4, -0.2) is 32.5 Å². The van der Waals surface area contributed by atoms with Crippen LogP contribution in [0, 0.1) is 0 Å². The van der Waals surface area contributed by atoms with Crippen LogP contribution >= 0.6 is 0 Å². The Morgan fingerprint density at radius 1 is 1.24 bits per heavy atom. The van der Waals surface area contributed by atoms with Crippen LogP contribution in [0.25, 0.3) is 0 Å². The Kier molecular flexibility index (Phi) is 5.72. The molecular weight excluding hydrogens is 364 g/mol. The molecule has 1 aliphatic carbocycles. The van der Waals surface area contributed by atoms with Crippen LogP contribution in [0.3, 0.4) is 0 Å². The molecule has 29 heavy (non-hydrogen) atoms. The van der Waals surface area contributed by atoms with Crippen molar-refractivity contribution in [3.63, 3.8) is 0 Å². The highest BCUT2D eigenvalue weighted by Gasteiger charge is 2.26. The molecule has 0 spiro atoms. The van der Waals surface area contributed by atoms with Gasteiger partial charge in [-0.15, -0.1) is 0 Å². The summed E-state index contributed by atoms with van der Waals surface area (Å²) >= 11 is 0. The van der Waals surface area contributed by atoms with Gasteiger partial charge in [0.05, 0.1) is 11.3 Å². The third-order valence-corrected chi connectivity index (χ3v) is 5.93. The summed E-state index contributed by atoms with van der Waals surface area (Å²) in [5, 5.41) is 0. The van der Waals surface area contributed by atoms with Crippen molar-refractivity contribution in [3.8, 4) is 5.88 Å². The van der Waals surface area contributed by atoms with E-state index < -0.39 is 0 Å². The Morgan fingerprint density at radius 3 is 2.79 bits per heavy atom. The van der Waals surface area contributed by atoms with Gasteiger partial charge in [-0.05, 0) is 31.7 Å². The van der Waals surface area contributed by atoms with E-state index in [9.17, 15) is 4.79 Å². The lowest BCUT2D eigenvalue weighted by atomic mass is 9.95. The zero-order chi connectivity index (χ0) is 20.4. The topological polar surface area (TPSA) is 71.1 Å². The highest BCUT2D eigenvalue weighted by molar-refractivity contribution is 5.27. The van der Waals surface area contributed by atoms with E-state index in [0.717, 1.165) is 60.9 Å². The molecule has 1 fully saturated rings. The number of hydrogen-bond donors (Lipinski definition) is 1. The predicted molar refractivity (Wildman–Crippen MR) is 113 cm³/mol. The number of hydrogen-bond acceptors (Lipinski definition) is 5. The van der Waals surface area contributed by atoms with Crippen molar-refractivity contribution < 1.29 is 4.74 Å². The maximum absolute atomic E-state index is 12.7. The monoisotopic (exact) mass is 396 g/mol. The normalized spacial score (nSPS) is 18.4. The minimum absolute atomic E-state index is 0.00510. The Labute approximate surface area is 172 Å². The molecule has 1 N–H and O–H groups in total. The van der Waals surface area contributed by atoms with E-state index in [2.05, 4.69) is 41.7 Å². The molecule has 0 atom stereocenters. The van der Waals surface area contributed by atoms with Gasteiger partial charge >= 0.3 is 0 Å². The first-order valence-corrected chi connectivity index (χ1v) is 10.9. The molecule has 0 saturated heterocycles. The molecule has 2 aromatic heterocycles. The zero-order valence-corrected chi connectivity index (χ0v) is 17.8. The van der Waals surface area contributed by atoms with Gasteiger partial charge in [-0.25, -0.2) is 9.97 Å². The van der Waals surface area contributed by atoms with Crippen molar-refractivity contribution in [2.45, 2.75) is 83.9 Å². The summed E-state index contributed by atoms with van der Waals surface area (Å²) in [6.07, 6.45) is 8.89. The van der Waals surface area contributed by atoms with E-state index in [0.29, 0.717) is 6.54 Å². The standard InChI is InChI=1S/C23H32N4O2/c1-23(2,3)22-25-19-11-13-27(15-18(19)20(28)26-22)14-16-8-7-12-24-21(16)29-17-9-5-4-6-10-17/h7-8,12,17H,4-6,9-11,13-15H2,1-3H3,(H,25,26,28). The van der Waals surface area contributed by atoms with Crippen molar-refractivity contribution >= 4 is 0 Å². The SMILES string of the molecule is CC(C)(C)c1nc2c(c(=O)[nH]1)CN(Cc1cccnc1OC1CCCCC1)CC2. The first kappa shape index (κ1) is 20.1. The fourth-order valence-corrected chi connectivity index (χ4v) is 4.20. The molecule has 1 aliphatic heterocycles. The third kappa shape index (κ3) is 4.69. The minimum Gasteiger partial charge on any atom is -0.474 e. The fourth-order valence-electron chi connectivity index (χ4n) is 4.20. The van der Waals surface area contributed by atoms with E-state index >= 15 is 0 Å². The van der Waals surface area contributed by atoms with E-state index in [1.165, 1.54) is 19.3 Å². The highest BCUT2D eigenvalue weighted by Crippen LogP contribution is 2.26. The van der Waals surface area contributed by atoms with Crippen molar-refractivity contribution in [1.29, 1.82) is 0 Å². The first-order chi connectivity index (χ1) is 13.9. The predicted octanol–water partition coefficient (Wildman–Crippen LogP) is 3.73. The van der Waals surface area contributed by atoms with E-state index in [-0.39, 0.29) is 17.1 Å². The smallest absolute Gasteiger partial charge is 0.255 e.